The second-order valence-electron chi connectivity index (χ2n) is 6.32. The molecule has 0 aromatic rings. The number of carbonyl (C=O) groups excluding carboxylic acids is 2. The van der Waals surface area contributed by atoms with Crippen LogP contribution < -0.4 is 0 Å². The average Bonchev–Trinajstić information content (AvgIpc) is 2.61. The first kappa shape index (κ1) is 20.1. The number of alkyl halides is 2. The Balaban J connectivity index is 1.60. The zero-order valence-electron chi connectivity index (χ0n) is 14.3. The van der Waals surface area contributed by atoms with Crippen molar-refractivity contribution in [3.8, 4) is 0 Å². The molecular weight excluding hydrogens is 440 g/mol. The van der Waals surface area contributed by atoms with Crippen LogP contribution in [0.15, 0.2) is 0 Å². The van der Waals surface area contributed by atoms with Crippen LogP contribution in [0.2, 0.25) is 0 Å². The van der Waals surface area contributed by atoms with E-state index in [0.29, 0.717) is 12.8 Å². The van der Waals surface area contributed by atoms with Crippen molar-refractivity contribution in [1.82, 2.24) is 19.6 Å². The van der Waals surface area contributed by atoms with Gasteiger partial charge in [-0.15, -0.1) is 0 Å². The smallest absolute Gasteiger partial charge is 0.223 e. The van der Waals surface area contributed by atoms with Crippen LogP contribution in [-0.2, 0) is 9.59 Å². The van der Waals surface area contributed by atoms with Crippen molar-refractivity contribution in [1.29, 1.82) is 0 Å². The highest BCUT2D eigenvalue weighted by Gasteiger charge is 2.23. The summed E-state index contributed by atoms with van der Waals surface area (Å²) < 4.78 is 0. The van der Waals surface area contributed by atoms with Gasteiger partial charge in [-0.3, -0.25) is 19.4 Å². The normalized spacial score (nSPS) is 20.4. The van der Waals surface area contributed by atoms with Gasteiger partial charge in [-0.05, 0) is 0 Å². The average molecular weight is 468 g/mol. The minimum absolute atomic E-state index is 0.260. The molecule has 0 N–H and O–H groups in total. The summed E-state index contributed by atoms with van der Waals surface area (Å²) in [5, 5.41) is 1.49. The Labute approximate surface area is 161 Å². The largest absolute Gasteiger partial charge is 0.340 e. The number of rotatable bonds is 7. The molecule has 2 rings (SSSR count). The monoisotopic (exact) mass is 466 g/mol. The first-order valence-electron chi connectivity index (χ1n) is 8.76. The Morgan fingerprint density at radius 3 is 1.25 bits per heavy atom. The van der Waals surface area contributed by atoms with Crippen LogP contribution in [0.25, 0.3) is 0 Å². The number of halogens is 2. The Morgan fingerprint density at radius 2 is 0.958 bits per heavy atom. The molecule has 0 bridgehead atoms. The van der Waals surface area contributed by atoms with E-state index >= 15 is 0 Å². The first-order valence-corrected chi connectivity index (χ1v) is 11.0. The van der Waals surface area contributed by atoms with Gasteiger partial charge in [0.1, 0.15) is 0 Å². The molecule has 2 heterocycles. The summed E-state index contributed by atoms with van der Waals surface area (Å²) in [6.07, 6.45) is 1.19. The SMILES string of the molecule is O=C(CCBr)N1CCN(CCN2CCN(C(=O)CCBr)CC2)CC1. The molecule has 2 saturated heterocycles. The second kappa shape index (κ2) is 10.7. The van der Waals surface area contributed by atoms with Crippen molar-refractivity contribution >= 4 is 43.7 Å². The molecule has 0 atom stereocenters. The van der Waals surface area contributed by atoms with Gasteiger partial charge in [0, 0.05) is 88.9 Å². The summed E-state index contributed by atoms with van der Waals surface area (Å²) in [4.78, 5) is 32.6. The molecule has 8 heteroatoms. The lowest BCUT2D eigenvalue weighted by Crippen LogP contribution is -2.53. The molecule has 2 fully saturated rings. The summed E-state index contributed by atoms with van der Waals surface area (Å²) in [6, 6.07) is 0. The lowest BCUT2D eigenvalue weighted by molar-refractivity contribution is -0.133. The maximum Gasteiger partial charge on any atom is 0.223 e. The fraction of sp³-hybridized carbons (Fsp3) is 0.875. The molecule has 0 saturated carbocycles. The highest BCUT2D eigenvalue weighted by atomic mass is 79.9. The highest BCUT2D eigenvalue weighted by molar-refractivity contribution is 9.09. The number of nitrogens with zero attached hydrogens (tertiary/aromatic N) is 4. The molecule has 0 aliphatic carbocycles. The summed E-state index contributed by atoms with van der Waals surface area (Å²) in [6.45, 7) is 9.37. The fourth-order valence-corrected chi connectivity index (χ4v) is 3.88. The molecule has 138 valence electrons. The van der Waals surface area contributed by atoms with E-state index in [2.05, 4.69) is 41.7 Å². The van der Waals surface area contributed by atoms with Crippen molar-refractivity contribution < 1.29 is 9.59 Å². The minimum Gasteiger partial charge on any atom is -0.340 e. The summed E-state index contributed by atoms with van der Waals surface area (Å²) in [5.41, 5.74) is 0. The number of amides is 2. The Bertz CT molecular complexity index is 371. The third-order valence-corrected chi connectivity index (χ3v) is 5.59. The molecule has 0 aromatic carbocycles. The van der Waals surface area contributed by atoms with Gasteiger partial charge in [0.05, 0.1) is 0 Å². The molecule has 6 nitrogen and oxygen atoms in total. The maximum atomic E-state index is 11.9. The molecule has 2 amide bonds. The molecule has 24 heavy (non-hydrogen) atoms. The Kier molecular flexibility index (Phi) is 9.00. The first-order chi connectivity index (χ1) is 11.6. The topological polar surface area (TPSA) is 47.1 Å². The van der Waals surface area contributed by atoms with E-state index in [-0.39, 0.29) is 11.8 Å². The highest BCUT2D eigenvalue weighted by Crippen LogP contribution is 2.07. The lowest BCUT2D eigenvalue weighted by Gasteiger charge is -2.38. The minimum atomic E-state index is 0.260. The number of hydrogen-bond donors (Lipinski definition) is 0. The van der Waals surface area contributed by atoms with E-state index in [0.717, 1.165) is 76.1 Å². The number of carbonyl (C=O) groups is 2. The van der Waals surface area contributed by atoms with Crippen LogP contribution in [-0.4, -0.2) is 108 Å². The zero-order valence-corrected chi connectivity index (χ0v) is 17.4. The van der Waals surface area contributed by atoms with Crippen LogP contribution in [0.3, 0.4) is 0 Å². The van der Waals surface area contributed by atoms with Crippen LogP contribution >= 0.6 is 31.9 Å². The quantitative estimate of drug-likeness (QED) is 0.520. The van der Waals surface area contributed by atoms with E-state index in [4.69, 9.17) is 0 Å². The van der Waals surface area contributed by atoms with Gasteiger partial charge in [0.25, 0.3) is 0 Å². The van der Waals surface area contributed by atoms with Crippen LogP contribution in [0, 0.1) is 0 Å². The third kappa shape index (κ3) is 6.28. The van der Waals surface area contributed by atoms with E-state index in [1.165, 1.54) is 0 Å². The Morgan fingerprint density at radius 1 is 0.625 bits per heavy atom. The molecule has 2 aliphatic rings. The van der Waals surface area contributed by atoms with Crippen molar-refractivity contribution in [3.63, 3.8) is 0 Å². The van der Waals surface area contributed by atoms with E-state index in [9.17, 15) is 9.59 Å². The van der Waals surface area contributed by atoms with Crippen LogP contribution in [0.5, 0.6) is 0 Å². The van der Waals surface area contributed by atoms with E-state index < -0.39 is 0 Å². The summed E-state index contributed by atoms with van der Waals surface area (Å²) in [7, 11) is 0. The second-order valence-corrected chi connectivity index (χ2v) is 7.91. The van der Waals surface area contributed by atoms with Gasteiger partial charge < -0.3 is 9.80 Å². The Hall–Kier alpha value is -0.180. The zero-order chi connectivity index (χ0) is 17.4. The molecule has 0 aromatic heterocycles. The van der Waals surface area contributed by atoms with Gasteiger partial charge in [-0.25, -0.2) is 0 Å². The predicted molar refractivity (Wildman–Crippen MR) is 103 cm³/mol. The standard InChI is InChI=1S/C16H28Br2N4O2/c17-3-1-15(23)21-11-7-19(8-12-21)5-6-20-9-13-22(14-10-20)16(24)2-4-18/h1-14H2. The van der Waals surface area contributed by atoms with Crippen molar-refractivity contribution in [3.05, 3.63) is 0 Å². The molecule has 0 unspecified atom stereocenters. The van der Waals surface area contributed by atoms with Gasteiger partial charge in [-0.1, -0.05) is 31.9 Å². The van der Waals surface area contributed by atoms with Gasteiger partial charge in [-0.2, -0.15) is 0 Å². The number of hydrogen-bond acceptors (Lipinski definition) is 4. The van der Waals surface area contributed by atoms with Gasteiger partial charge in [0.2, 0.25) is 11.8 Å². The van der Waals surface area contributed by atoms with Gasteiger partial charge >= 0.3 is 0 Å². The fourth-order valence-electron chi connectivity index (χ4n) is 3.20. The molecule has 0 radical (unpaired) electrons. The van der Waals surface area contributed by atoms with Crippen molar-refractivity contribution in [2.75, 3.05) is 76.1 Å². The molecule has 0 spiro atoms. The molecule has 2 aliphatic heterocycles. The summed E-state index contributed by atoms with van der Waals surface area (Å²) >= 11 is 6.66. The number of piperazine rings is 2. The van der Waals surface area contributed by atoms with Crippen LogP contribution in [0.1, 0.15) is 12.8 Å². The van der Waals surface area contributed by atoms with E-state index in [1.807, 2.05) is 9.80 Å². The third-order valence-electron chi connectivity index (χ3n) is 4.80. The van der Waals surface area contributed by atoms with Gasteiger partial charge in [0.15, 0.2) is 0 Å². The van der Waals surface area contributed by atoms with Crippen molar-refractivity contribution in [2.45, 2.75) is 12.8 Å². The van der Waals surface area contributed by atoms with E-state index in [1.54, 1.807) is 0 Å². The summed E-state index contributed by atoms with van der Waals surface area (Å²) in [5.74, 6) is 0.520. The van der Waals surface area contributed by atoms with Crippen molar-refractivity contribution in [2.24, 2.45) is 0 Å². The lowest BCUT2D eigenvalue weighted by atomic mass is 10.2. The van der Waals surface area contributed by atoms with Crippen LogP contribution in [0.4, 0.5) is 0 Å². The molecular formula is C16H28Br2N4O2. The maximum absolute atomic E-state index is 11.9. The predicted octanol–water partition coefficient (Wildman–Crippen LogP) is 0.845.